The Hall–Kier alpha value is -1.92. The number of nitrogens with two attached hydrogens (primary N) is 1. The topological polar surface area (TPSA) is 83.1 Å². The van der Waals surface area contributed by atoms with Crippen molar-refractivity contribution < 1.29 is 19.7 Å². The number of imide groups is 1. The first-order valence-electron chi connectivity index (χ1n) is 9.65. The van der Waals surface area contributed by atoms with Crippen LogP contribution < -0.4 is 10.6 Å². The van der Waals surface area contributed by atoms with Crippen LogP contribution in [0, 0.1) is 17.8 Å². The van der Waals surface area contributed by atoms with Gasteiger partial charge in [0.1, 0.15) is 17.9 Å². The highest BCUT2D eigenvalue weighted by Crippen LogP contribution is 2.50. The minimum absolute atomic E-state index is 0.131. The summed E-state index contributed by atoms with van der Waals surface area (Å²) < 4.78 is 0. The van der Waals surface area contributed by atoms with Crippen LogP contribution in [0.2, 0.25) is 5.02 Å². The molecule has 0 aromatic heterocycles. The molecule has 0 saturated carbocycles. The molecule has 3 heterocycles. The molecule has 3 amide bonds. The zero-order chi connectivity index (χ0) is 19.5. The number of benzene rings is 1. The first kappa shape index (κ1) is 18.4. The second-order valence-corrected chi connectivity index (χ2v) is 8.62. The number of carbonyl (C=O) groups is 3. The van der Waals surface area contributed by atoms with Crippen LogP contribution in [-0.4, -0.2) is 35.2 Å². The number of unbranched alkanes of at least 4 members (excludes halogenated alkanes) is 1. The summed E-state index contributed by atoms with van der Waals surface area (Å²) >= 11 is 6.22. The molecule has 1 aromatic rings. The summed E-state index contributed by atoms with van der Waals surface area (Å²) in [6.07, 6.45) is 1.67. The van der Waals surface area contributed by atoms with Crippen molar-refractivity contribution in [1.29, 1.82) is 0 Å². The van der Waals surface area contributed by atoms with Crippen LogP contribution >= 0.6 is 11.6 Å². The summed E-state index contributed by atoms with van der Waals surface area (Å²) in [5, 5.41) is 5.38. The maximum Gasteiger partial charge on any atom is 0.291 e. The molecule has 2 saturated heterocycles. The maximum atomic E-state index is 13.3. The fourth-order valence-electron chi connectivity index (χ4n) is 5.06. The average Bonchev–Trinajstić information content (AvgIpc) is 3.20. The van der Waals surface area contributed by atoms with Gasteiger partial charge in [0.25, 0.3) is 5.91 Å². The van der Waals surface area contributed by atoms with Crippen LogP contribution in [-0.2, 0) is 19.9 Å². The van der Waals surface area contributed by atoms with E-state index in [4.69, 9.17) is 11.6 Å². The molecule has 0 unspecified atom stereocenters. The molecule has 4 rings (SSSR count). The molecule has 0 aliphatic carbocycles. The molecule has 3 aliphatic heterocycles. The predicted molar refractivity (Wildman–Crippen MR) is 101 cm³/mol. The summed E-state index contributed by atoms with van der Waals surface area (Å²) in [6.45, 7) is 6.53. The first-order chi connectivity index (χ1) is 12.8. The second kappa shape index (κ2) is 6.31. The molecule has 0 radical (unpaired) electrons. The molecule has 7 heteroatoms. The highest BCUT2D eigenvalue weighted by Gasteiger charge is 2.74. The number of carbonyl (C=O) groups excluding carboxylic acids is 3. The van der Waals surface area contributed by atoms with Crippen LogP contribution in [0.25, 0.3) is 0 Å². The number of quaternary nitrogens is 1. The number of amides is 3. The Balaban J connectivity index is 1.86. The normalized spacial score (nSPS) is 31.8. The number of fused-ring (bicyclic) bond motifs is 4. The Kier molecular flexibility index (Phi) is 4.31. The fraction of sp³-hybridized carbons (Fsp3) is 0.550. The Labute approximate surface area is 163 Å². The van der Waals surface area contributed by atoms with Gasteiger partial charge in [-0.25, -0.2) is 0 Å². The van der Waals surface area contributed by atoms with Gasteiger partial charge >= 0.3 is 0 Å². The van der Waals surface area contributed by atoms with E-state index < -0.39 is 17.4 Å². The molecule has 1 spiro atoms. The summed E-state index contributed by atoms with van der Waals surface area (Å²) in [5.41, 5.74) is 0.279. The molecule has 1 aromatic carbocycles. The minimum Gasteiger partial charge on any atom is -0.326 e. The zero-order valence-electron chi connectivity index (χ0n) is 15.8. The van der Waals surface area contributed by atoms with Crippen molar-refractivity contribution in [2.45, 2.75) is 45.2 Å². The van der Waals surface area contributed by atoms with Gasteiger partial charge in [0, 0.05) is 23.0 Å². The Morgan fingerprint density at radius 3 is 2.67 bits per heavy atom. The molecular formula is C20H25ClN3O3+. The molecule has 144 valence electrons. The van der Waals surface area contributed by atoms with Crippen LogP contribution in [0.5, 0.6) is 0 Å². The van der Waals surface area contributed by atoms with Gasteiger partial charge in [0.05, 0.1) is 5.69 Å². The van der Waals surface area contributed by atoms with E-state index in [-0.39, 0.29) is 29.7 Å². The Morgan fingerprint density at radius 2 is 2.00 bits per heavy atom. The SMILES string of the molecule is CCCCN1C(=O)[C@H]2[C@@H](C1=O)[C@@]1([NH2+][C@H]2C(C)C)C(=O)Nc2ccc(Cl)cc21. The largest absolute Gasteiger partial charge is 0.326 e. The number of likely N-dealkylation sites (tertiary alicyclic amines) is 1. The standard InChI is InChI=1S/C20H24ClN3O3/c1-4-5-8-24-17(25)14-15(18(24)26)20(23-16(14)10(2)3)12-9-11(21)6-7-13(12)22-19(20)27/h6-7,9-10,14-16,23H,4-5,8H2,1-3H3,(H,22,27)/p+1/t14-,15-,16-,20+/m0/s1. The number of hydrogen-bond donors (Lipinski definition) is 2. The van der Waals surface area contributed by atoms with Crippen molar-refractivity contribution in [3.63, 3.8) is 0 Å². The van der Waals surface area contributed by atoms with Crippen molar-refractivity contribution in [3.8, 4) is 0 Å². The number of hydrogen-bond acceptors (Lipinski definition) is 3. The predicted octanol–water partition coefficient (Wildman–Crippen LogP) is 1.49. The summed E-state index contributed by atoms with van der Waals surface area (Å²) in [5.74, 6) is -1.60. The van der Waals surface area contributed by atoms with E-state index in [0.29, 0.717) is 17.3 Å². The Bertz CT molecular complexity index is 840. The van der Waals surface area contributed by atoms with Crippen molar-refractivity contribution in [3.05, 3.63) is 28.8 Å². The third-order valence-electron chi connectivity index (χ3n) is 6.36. The van der Waals surface area contributed by atoms with Crippen LogP contribution in [0.1, 0.15) is 39.2 Å². The van der Waals surface area contributed by atoms with Gasteiger partial charge in [-0.1, -0.05) is 38.8 Å². The molecule has 27 heavy (non-hydrogen) atoms. The van der Waals surface area contributed by atoms with E-state index >= 15 is 0 Å². The lowest BCUT2D eigenvalue weighted by Gasteiger charge is -2.27. The van der Waals surface area contributed by atoms with Crippen LogP contribution in [0.15, 0.2) is 18.2 Å². The molecule has 3 aliphatic rings. The van der Waals surface area contributed by atoms with E-state index in [1.807, 2.05) is 26.1 Å². The van der Waals surface area contributed by atoms with Crippen molar-refractivity contribution in [2.75, 3.05) is 11.9 Å². The third kappa shape index (κ3) is 2.39. The van der Waals surface area contributed by atoms with Gasteiger partial charge in [0.15, 0.2) is 0 Å². The Morgan fingerprint density at radius 1 is 1.26 bits per heavy atom. The monoisotopic (exact) mass is 390 g/mol. The first-order valence-corrected chi connectivity index (χ1v) is 10.0. The third-order valence-corrected chi connectivity index (χ3v) is 6.59. The lowest BCUT2D eigenvalue weighted by molar-refractivity contribution is -0.738. The molecule has 0 bridgehead atoms. The van der Waals surface area contributed by atoms with Gasteiger partial charge in [-0.05, 0) is 24.6 Å². The fourth-order valence-corrected chi connectivity index (χ4v) is 5.23. The van der Waals surface area contributed by atoms with Crippen LogP contribution in [0.4, 0.5) is 5.69 Å². The lowest BCUT2D eigenvalue weighted by Crippen LogP contribution is -2.99. The van der Waals surface area contributed by atoms with Gasteiger partial charge in [-0.2, -0.15) is 0 Å². The van der Waals surface area contributed by atoms with E-state index in [0.717, 1.165) is 18.4 Å². The number of nitrogens with zero attached hydrogens (tertiary/aromatic N) is 1. The highest BCUT2D eigenvalue weighted by molar-refractivity contribution is 6.31. The number of anilines is 1. The van der Waals surface area contributed by atoms with E-state index in [9.17, 15) is 14.4 Å². The van der Waals surface area contributed by atoms with Crippen molar-refractivity contribution in [1.82, 2.24) is 4.90 Å². The quantitative estimate of drug-likeness (QED) is 0.764. The summed E-state index contributed by atoms with van der Waals surface area (Å²) in [7, 11) is 0. The minimum atomic E-state index is -1.12. The number of nitrogens with one attached hydrogen (secondary N) is 1. The molecular weight excluding hydrogens is 366 g/mol. The van der Waals surface area contributed by atoms with E-state index in [1.54, 1.807) is 18.2 Å². The molecule has 4 atom stereocenters. The van der Waals surface area contributed by atoms with E-state index in [2.05, 4.69) is 5.32 Å². The highest BCUT2D eigenvalue weighted by atomic mass is 35.5. The van der Waals surface area contributed by atoms with E-state index in [1.165, 1.54) is 4.90 Å². The number of rotatable bonds is 4. The molecule has 3 N–H and O–H groups in total. The zero-order valence-corrected chi connectivity index (χ0v) is 16.5. The summed E-state index contributed by atoms with van der Waals surface area (Å²) in [4.78, 5) is 41.1. The van der Waals surface area contributed by atoms with Gasteiger partial charge in [-0.3, -0.25) is 19.3 Å². The van der Waals surface area contributed by atoms with Gasteiger partial charge in [-0.15, -0.1) is 0 Å². The van der Waals surface area contributed by atoms with Crippen molar-refractivity contribution in [2.24, 2.45) is 17.8 Å². The number of halogens is 1. The molecule has 6 nitrogen and oxygen atoms in total. The van der Waals surface area contributed by atoms with Crippen molar-refractivity contribution >= 4 is 35.0 Å². The lowest BCUT2D eigenvalue weighted by atomic mass is 9.76. The van der Waals surface area contributed by atoms with Crippen LogP contribution in [0.3, 0.4) is 0 Å². The molecule has 2 fully saturated rings. The van der Waals surface area contributed by atoms with Gasteiger partial charge < -0.3 is 10.6 Å². The average molecular weight is 391 g/mol. The maximum absolute atomic E-state index is 13.3. The second-order valence-electron chi connectivity index (χ2n) is 8.19. The summed E-state index contributed by atoms with van der Waals surface area (Å²) in [6, 6.07) is 5.12. The smallest absolute Gasteiger partial charge is 0.291 e. The van der Waals surface area contributed by atoms with Gasteiger partial charge in [0.2, 0.25) is 17.4 Å².